The third-order valence-corrected chi connectivity index (χ3v) is 7.87. The number of nitrogens with zero attached hydrogens (tertiary/aromatic N) is 3. The fraction of sp³-hybridized carbons (Fsp3) is 0.176. The Morgan fingerprint density at radius 2 is 1.14 bits per heavy atom. The number of rotatable bonds is 5. The second-order valence-corrected chi connectivity index (χ2v) is 10.8. The van der Waals surface area contributed by atoms with Crippen molar-refractivity contribution >= 4 is 49.9 Å². The topological polar surface area (TPSA) is 12.1 Å². The van der Waals surface area contributed by atoms with Gasteiger partial charge >= 0.3 is 0 Å². The molecule has 0 aliphatic carbocycles. The number of hydrogen-bond acceptors (Lipinski definition) is 1. The van der Waals surface area contributed by atoms with Crippen LogP contribution < -0.4 is 4.90 Å². The zero-order chi connectivity index (χ0) is 25.3. The smallest absolute Gasteiger partial charge is 0.0793 e. The third kappa shape index (κ3) is 3.27. The number of para-hydroxylation sites is 2. The van der Waals surface area contributed by atoms with E-state index in [-0.39, 0.29) is 0 Å². The molecule has 3 heterocycles. The first-order valence-corrected chi connectivity index (χ1v) is 13.3. The monoisotopic (exact) mass is 481 g/mol. The summed E-state index contributed by atoms with van der Waals surface area (Å²) in [6.45, 7) is 8.99. The highest BCUT2D eigenvalue weighted by Gasteiger charge is 2.22. The number of aromatic nitrogens is 2. The van der Waals surface area contributed by atoms with Crippen LogP contribution in [0.4, 0.5) is 17.1 Å². The number of benzene rings is 4. The van der Waals surface area contributed by atoms with Gasteiger partial charge in [-0.25, -0.2) is 0 Å². The Labute approximate surface area is 217 Å². The normalized spacial score (nSPS) is 12.3. The van der Waals surface area contributed by atoms with Gasteiger partial charge in [0.25, 0.3) is 0 Å². The van der Waals surface area contributed by atoms with Gasteiger partial charge in [-0.15, -0.1) is 0 Å². The van der Waals surface area contributed by atoms with Gasteiger partial charge in [0.2, 0.25) is 0 Å². The highest BCUT2D eigenvalue weighted by Crippen LogP contribution is 2.43. The number of anilines is 3. The molecule has 4 aromatic carbocycles. The van der Waals surface area contributed by atoms with E-state index in [1.807, 2.05) is 0 Å². The van der Waals surface area contributed by atoms with Gasteiger partial charge in [-0.3, -0.25) is 0 Å². The van der Waals surface area contributed by atoms with Crippen molar-refractivity contribution in [3.8, 4) is 0 Å². The van der Waals surface area contributed by atoms with Gasteiger partial charge in [-0.2, -0.15) is 0 Å². The molecule has 37 heavy (non-hydrogen) atoms. The van der Waals surface area contributed by atoms with Crippen LogP contribution >= 0.6 is 0 Å². The summed E-state index contributed by atoms with van der Waals surface area (Å²) in [6, 6.07) is 33.6. The van der Waals surface area contributed by atoms with Crippen LogP contribution in [0.25, 0.3) is 32.8 Å². The zero-order valence-corrected chi connectivity index (χ0v) is 21.8. The quantitative estimate of drug-likeness (QED) is 0.223. The maximum Gasteiger partial charge on any atom is 0.0793 e. The number of hydrogen-bond donors (Lipinski definition) is 0. The van der Waals surface area contributed by atoms with Crippen LogP contribution in [0.3, 0.4) is 0 Å². The zero-order valence-electron chi connectivity index (χ0n) is 21.8. The third-order valence-electron chi connectivity index (χ3n) is 7.87. The van der Waals surface area contributed by atoms with E-state index in [2.05, 4.69) is 145 Å². The Balaban J connectivity index is 1.53. The molecule has 0 fully saturated rings. The molecule has 182 valence electrons. The molecule has 0 saturated heterocycles. The van der Waals surface area contributed by atoms with Crippen LogP contribution in [0.1, 0.15) is 50.7 Å². The minimum Gasteiger partial charge on any atom is -0.313 e. The van der Waals surface area contributed by atoms with Crippen LogP contribution in [-0.2, 0) is 0 Å². The van der Waals surface area contributed by atoms with Gasteiger partial charge in [-0.05, 0) is 65.4 Å². The lowest BCUT2D eigenvalue weighted by Crippen LogP contribution is -2.10. The molecule has 0 spiro atoms. The molecule has 0 aliphatic heterocycles. The van der Waals surface area contributed by atoms with Crippen molar-refractivity contribution in [1.82, 2.24) is 8.80 Å². The van der Waals surface area contributed by atoms with E-state index in [1.165, 1.54) is 61.0 Å². The van der Waals surface area contributed by atoms with Crippen LogP contribution in [0.2, 0.25) is 0 Å². The molecule has 0 aliphatic rings. The predicted molar refractivity (Wildman–Crippen MR) is 157 cm³/mol. The van der Waals surface area contributed by atoms with Crippen LogP contribution in [-0.4, -0.2) is 8.80 Å². The highest BCUT2D eigenvalue weighted by molar-refractivity contribution is 6.10. The molecule has 3 heteroatoms. The summed E-state index contributed by atoms with van der Waals surface area (Å²) < 4.78 is 4.73. The van der Waals surface area contributed by atoms with Crippen LogP contribution in [0, 0.1) is 0 Å². The lowest BCUT2D eigenvalue weighted by Gasteiger charge is -2.25. The molecule has 7 rings (SSSR count). The fourth-order valence-electron chi connectivity index (χ4n) is 5.82. The SMILES string of the molecule is CC(C)c1ccc(N(c2ccc(C(C)C)cc2)c2cn3c4cccc5ccn(c6cccc2c63)c54)cc1. The molecular weight excluding hydrogens is 450 g/mol. The van der Waals surface area contributed by atoms with E-state index in [1.54, 1.807) is 0 Å². The number of fused-ring (bicyclic) bond motifs is 2. The highest BCUT2D eigenvalue weighted by atomic mass is 15.2. The molecule has 0 saturated carbocycles. The Kier molecular flexibility index (Phi) is 4.84. The molecule has 0 amide bonds. The predicted octanol–water partition coefficient (Wildman–Crippen LogP) is 9.65. The van der Waals surface area contributed by atoms with E-state index >= 15 is 0 Å². The van der Waals surface area contributed by atoms with E-state index in [9.17, 15) is 0 Å². The lowest BCUT2D eigenvalue weighted by atomic mass is 10.0. The van der Waals surface area contributed by atoms with Crippen molar-refractivity contribution in [2.24, 2.45) is 0 Å². The Morgan fingerprint density at radius 1 is 0.568 bits per heavy atom. The van der Waals surface area contributed by atoms with Gasteiger partial charge in [0.15, 0.2) is 0 Å². The Hall–Kier alpha value is -4.24. The average molecular weight is 482 g/mol. The molecule has 0 N–H and O–H groups in total. The summed E-state index contributed by atoms with van der Waals surface area (Å²) in [5, 5.41) is 2.51. The van der Waals surface area contributed by atoms with Crippen molar-refractivity contribution in [3.63, 3.8) is 0 Å². The summed E-state index contributed by atoms with van der Waals surface area (Å²) in [7, 11) is 0. The molecule has 0 atom stereocenters. The van der Waals surface area contributed by atoms with Gasteiger partial charge in [0.05, 0.1) is 27.8 Å². The Morgan fingerprint density at radius 3 is 1.73 bits per heavy atom. The second-order valence-electron chi connectivity index (χ2n) is 10.8. The minimum atomic E-state index is 0.502. The first-order valence-electron chi connectivity index (χ1n) is 13.3. The lowest BCUT2D eigenvalue weighted by molar-refractivity contribution is 0.866. The van der Waals surface area contributed by atoms with Crippen molar-refractivity contribution < 1.29 is 0 Å². The van der Waals surface area contributed by atoms with Crippen molar-refractivity contribution in [2.75, 3.05) is 4.90 Å². The second kappa shape index (κ2) is 8.14. The fourth-order valence-corrected chi connectivity index (χ4v) is 5.82. The summed E-state index contributed by atoms with van der Waals surface area (Å²) in [6.07, 6.45) is 4.53. The summed E-state index contributed by atoms with van der Waals surface area (Å²) in [4.78, 5) is 2.41. The molecule has 3 nitrogen and oxygen atoms in total. The van der Waals surface area contributed by atoms with Gasteiger partial charge in [0.1, 0.15) is 0 Å². The van der Waals surface area contributed by atoms with Gasteiger partial charge < -0.3 is 13.7 Å². The average Bonchev–Trinajstić information content (AvgIpc) is 3.52. The van der Waals surface area contributed by atoms with E-state index in [0.717, 1.165) is 0 Å². The molecule has 0 unspecified atom stereocenters. The maximum atomic E-state index is 2.41. The molecule has 0 bridgehead atoms. The first-order chi connectivity index (χ1) is 18.0. The molecule has 7 aromatic rings. The Bertz CT molecular complexity index is 1810. The van der Waals surface area contributed by atoms with E-state index in [0.29, 0.717) is 11.8 Å². The van der Waals surface area contributed by atoms with Gasteiger partial charge in [0, 0.05) is 34.5 Å². The maximum absolute atomic E-state index is 2.41. The first kappa shape index (κ1) is 22.0. The van der Waals surface area contributed by atoms with Gasteiger partial charge in [-0.1, -0.05) is 76.2 Å². The van der Waals surface area contributed by atoms with Crippen molar-refractivity contribution in [3.05, 3.63) is 115 Å². The molecular formula is C34H31N3. The van der Waals surface area contributed by atoms with Crippen LogP contribution in [0.5, 0.6) is 0 Å². The standard InChI is InChI=1S/C34H31N3/c1-22(2)24-11-15-27(16-12-24)37(28-17-13-25(14-18-28)23(3)4)32-21-36-30-9-5-7-26-19-20-35(33(26)30)31-10-6-8-29(32)34(31)36/h5-23H,1-4H3. The van der Waals surface area contributed by atoms with Crippen molar-refractivity contribution in [2.45, 2.75) is 39.5 Å². The minimum absolute atomic E-state index is 0.502. The summed E-state index contributed by atoms with van der Waals surface area (Å²) >= 11 is 0. The molecule has 0 radical (unpaired) electrons. The summed E-state index contributed by atoms with van der Waals surface area (Å²) in [5.74, 6) is 1.00. The largest absolute Gasteiger partial charge is 0.313 e. The molecule has 3 aromatic heterocycles. The summed E-state index contributed by atoms with van der Waals surface area (Å²) in [5.41, 5.74) is 11.2. The van der Waals surface area contributed by atoms with Crippen LogP contribution in [0.15, 0.2) is 103 Å². The van der Waals surface area contributed by atoms with E-state index < -0.39 is 0 Å². The van der Waals surface area contributed by atoms with E-state index in [4.69, 9.17) is 0 Å². The van der Waals surface area contributed by atoms with Crippen molar-refractivity contribution in [1.29, 1.82) is 0 Å².